The average Bonchev–Trinajstić information content (AvgIpc) is 2.78. The van der Waals surface area contributed by atoms with Gasteiger partial charge in [0, 0.05) is 37.4 Å². The first-order chi connectivity index (χ1) is 15.9. The molecular weight excluding hydrogens is 458 g/mol. The highest BCUT2D eigenvalue weighted by molar-refractivity contribution is 7.92. The molecule has 1 N–H and O–H groups in total. The number of aryl methyl sites for hydroxylation is 1. The SMILES string of the molecule is COc1ccc(NS(=O)(=O)c2ccc(C)c(C(=O)N3CCN(C(=O)OC(C)(C)C)CC3)c2)cc1. The first-order valence-corrected chi connectivity index (χ1v) is 12.4. The zero-order valence-corrected chi connectivity index (χ0v) is 20.9. The Morgan fingerprint density at radius 1 is 0.941 bits per heavy atom. The summed E-state index contributed by atoms with van der Waals surface area (Å²) in [4.78, 5) is 28.7. The van der Waals surface area contributed by atoms with Crippen LogP contribution in [0.2, 0.25) is 0 Å². The lowest BCUT2D eigenvalue weighted by Crippen LogP contribution is -2.51. The summed E-state index contributed by atoms with van der Waals surface area (Å²) in [5.41, 5.74) is 0.770. The van der Waals surface area contributed by atoms with Gasteiger partial charge in [0.15, 0.2) is 0 Å². The summed E-state index contributed by atoms with van der Waals surface area (Å²) in [7, 11) is -2.38. The molecule has 0 aliphatic carbocycles. The molecule has 2 aromatic rings. The molecule has 0 unspecified atom stereocenters. The number of nitrogens with zero attached hydrogens (tertiary/aromatic N) is 2. The summed E-state index contributed by atoms with van der Waals surface area (Å²) >= 11 is 0. The number of sulfonamides is 1. The lowest BCUT2D eigenvalue weighted by Gasteiger charge is -2.35. The minimum absolute atomic E-state index is 0.00957. The molecule has 0 atom stereocenters. The number of nitrogens with one attached hydrogen (secondary N) is 1. The molecule has 0 spiro atoms. The molecule has 0 saturated carbocycles. The van der Waals surface area contributed by atoms with E-state index in [2.05, 4.69) is 4.72 Å². The van der Waals surface area contributed by atoms with Gasteiger partial charge in [0.25, 0.3) is 15.9 Å². The molecule has 1 heterocycles. The van der Waals surface area contributed by atoms with Crippen molar-refractivity contribution in [2.45, 2.75) is 38.2 Å². The zero-order valence-electron chi connectivity index (χ0n) is 20.1. The number of hydrogen-bond donors (Lipinski definition) is 1. The second-order valence-corrected chi connectivity index (χ2v) is 10.8. The van der Waals surface area contributed by atoms with E-state index in [1.165, 1.54) is 19.2 Å². The molecule has 2 amide bonds. The molecule has 184 valence electrons. The third-order valence-corrected chi connectivity index (χ3v) is 6.69. The average molecular weight is 490 g/mol. The van der Waals surface area contributed by atoms with E-state index in [0.717, 1.165) is 0 Å². The second kappa shape index (κ2) is 9.92. The van der Waals surface area contributed by atoms with Crippen molar-refractivity contribution in [1.29, 1.82) is 0 Å². The van der Waals surface area contributed by atoms with Gasteiger partial charge in [0.2, 0.25) is 0 Å². The first kappa shape index (κ1) is 25.4. The van der Waals surface area contributed by atoms with E-state index in [0.29, 0.717) is 48.7 Å². The first-order valence-electron chi connectivity index (χ1n) is 10.9. The molecule has 1 fully saturated rings. The molecule has 1 aliphatic heterocycles. The highest BCUT2D eigenvalue weighted by Crippen LogP contribution is 2.23. The summed E-state index contributed by atoms with van der Waals surface area (Å²) in [6.45, 7) is 8.52. The van der Waals surface area contributed by atoms with Crippen molar-refractivity contribution < 1.29 is 27.5 Å². The van der Waals surface area contributed by atoms with Crippen LogP contribution >= 0.6 is 0 Å². The molecule has 0 aromatic heterocycles. The maximum absolute atomic E-state index is 13.2. The number of rotatable bonds is 5. The summed E-state index contributed by atoms with van der Waals surface area (Å²) in [6, 6.07) is 11.0. The maximum atomic E-state index is 13.2. The second-order valence-electron chi connectivity index (χ2n) is 9.07. The van der Waals surface area contributed by atoms with Gasteiger partial charge in [-0.3, -0.25) is 9.52 Å². The van der Waals surface area contributed by atoms with Crippen molar-refractivity contribution in [2.24, 2.45) is 0 Å². The fraction of sp³-hybridized carbons (Fsp3) is 0.417. The van der Waals surface area contributed by atoms with Gasteiger partial charge < -0.3 is 19.3 Å². The fourth-order valence-electron chi connectivity index (χ4n) is 3.46. The molecule has 0 bridgehead atoms. The number of amides is 2. The predicted molar refractivity (Wildman–Crippen MR) is 129 cm³/mol. The summed E-state index contributed by atoms with van der Waals surface area (Å²) in [6.07, 6.45) is -0.409. The quantitative estimate of drug-likeness (QED) is 0.689. The number of carbonyl (C=O) groups is 2. The molecule has 9 nitrogen and oxygen atoms in total. The van der Waals surface area contributed by atoms with Crippen molar-refractivity contribution in [2.75, 3.05) is 38.0 Å². The van der Waals surface area contributed by atoms with Crippen LogP contribution in [0.5, 0.6) is 5.75 Å². The molecule has 34 heavy (non-hydrogen) atoms. The van der Waals surface area contributed by atoms with Gasteiger partial charge >= 0.3 is 6.09 Å². The molecule has 0 radical (unpaired) electrons. The predicted octanol–water partition coefficient (Wildman–Crippen LogP) is 3.50. The summed E-state index contributed by atoms with van der Waals surface area (Å²) < 4.78 is 38.9. The van der Waals surface area contributed by atoms with Crippen LogP contribution in [0.4, 0.5) is 10.5 Å². The highest BCUT2D eigenvalue weighted by Gasteiger charge is 2.29. The fourth-order valence-corrected chi connectivity index (χ4v) is 4.55. The van der Waals surface area contributed by atoms with Crippen molar-refractivity contribution in [3.8, 4) is 5.75 Å². The standard InChI is InChI=1S/C24H31N3O6S/c1-17-6-11-20(34(30,31)25-18-7-9-19(32-5)10-8-18)16-21(17)22(28)26-12-14-27(15-13-26)23(29)33-24(2,3)4/h6-11,16,25H,12-15H2,1-5H3. The molecule has 10 heteroatoms. The lowest BCUT2D eigenvalue weighted by atomic mass is 10.1. The Morgan fingerprint density at radius 2 is 1.53 bits per heavy atom. The van der Waals surface area contributed by atoms with Crippen LogP contribution in [0.3, 0.4) is 0 Å². The number of carbonyl (C=O) groups excluding carboxylic acids is 2. The van der Waals surface area contributed by atoms with Crippen LogP contribution in [0.25, 0.3) is 0 Å². The number of piperazine rings is 1. The van der Waals surface area contributed by atoms with E-state index >= 15 is 0 Å². The van der Waals surface area contributed by atoms with Crippen molar-refractivity contribution in [3.63, 3.8) is 0 Å². The molecule has 1 saturated heterocycles. The van der Waals surface area contributed by atoms with Crippen LogP contribution in [-0.2, 0) is 14.8 Å². The molecular formula is C24H31N3O6S. The number of anilines is 1. The number of ether oxygens (including phenoxy) is 2. The third kappa shape index (κ3) is 6.19. The van der Waals surface area contributed by atoms with Crippen LogP contribution in [0.1, 0.15) is 36.7 Å². The van der Waals surface area contributed by atoms with Crippen LogP contribution in [0.15, 0.2) is 47.4 Å². The van der Waals surface area contributed by atoms with Gasteiger partial charge in [0.1, 0.15) is 11.4 Å². The highest BCUT2D eigenvalue weighted by atomic mass is 32.2. The van der Waals surface area contributed by atoms with Gasteiger partial charge in [-0.15, -0.1) is 0 Å². The topological polar surface area (TPSA) is 105 Å². The summed E-state index contributed by atoms with van der Waals surface area (Å²) in [5.74, 6) is 0.334. The Kier molecular flexibility index (Phi) is 7.40. The van der Waals surface area contributed by atoms with E-state index in [4.69, 9.17) is 9.47 Å². The Hall–Kier alpha value is -3.27. The van der Waals surface area contributed by atoms with Crippen molar-refractivity contribution in [3.05, 3.63) is 53.6 Å². The Balaban J connectivity index is 1.72. The largest absolute Gasteiger partial charge is 0.497 e. The van der Waals surface area contributed by atoms with Crippen LogP contribution in [-0.4, -0.2) is 69.1 Å². The normalized spacial score (nSPS) is 14.5. The summed E-state index contributed by atoms with van der Waals surface area (Å²) in [5, 5.41) is 0. The number of hydrogen-bond acceptors (Lipinski definition) is 6. The Morgan fingerprint density at radius 3 is 2.09 bits per heavy atom. The van der Waals surface area contributed by atoms with E-state index in [1.54, 1.807) is 67.8 Å². The van der Waals surface area contributed by atoms with E-state index in [1.807, 2.05) is 0 Å². The van der Waals surface area contributed by atoms with E-state index in [9.17, 15) is 18.0 Å². The minimum Gasteiger partial charge on any atom is -0.497 e. The Bertz CT molecular complexity index is 1150. The van der Waals surface area contributed by atoms with Gasteiger partial charge in [-0.1, -0.05) is 6.07 Å². The Labute approximate surface area is 200 Å². The molecule has 2 aromatic carbocycles. The lowest BCUT2D eigenvalue weighted by molar-refractivity contribution is 0.0140. The monoisotopic (exact) mass is 489 g/mol. The van der Waals surface area contributed by atoms with Crippen LogP contribution < -0.4 is 9.46 Å². The van der Waals surface area contributed by atoms with Crippen LogP contribution in [0, 0.1) is 6.92 Å². The molecule has 3 rings (SSSR count). The number of benzene rings is 2. The molecule has 1 aliphatic rings. The van der Waals surface area contributed by atoms with Gasteiger partial charge in [-0.25, -0.2) is 13.2 Å². The van der Waals surface area contributed by atoms with E-state index in [-0.39, 0.29) is 10.8 Å². The van der Waals surface area contributed by atoms with Crippen molar-refractivity contribution in [1.82, 2.24) is 9.80 Å². The van der Waals surface area contributed by atoms with Crippen molar-refractivity contribution >= 4 is 27.7 Å². The van der Waals surface area contributed by atoms with Gasteiger partial charge in [-0.2, -0.15) is 0 Å². The van der Waals surface area contributed by atoms with Gasteiger partial charge in [-0.05, 0) is 69.7 Å². The smallest absolute Gasteiger partial charge is 0.410 e. The zero-order chi connectivity index (χ0) is 25.1. The van der Waals surface area contributed by atoms with Gasteiger partial charge in [0.05, 0.1) is 12.0 Å². The minimum atomic E-state index is -3.90. The van der Waals surface area contributed by atoms with E-state index < -0.39 is 21.7 Å². The maximum Gasteiger partial charge on any atom is 0.410 e. The third-order valence-electron chi connectivity index (χ3n) is 5.31. The number of methoxy groups -OCH3 is 1.